The normalized spacial score (nSPS) is 12.9. The summed E-state index contributed by atoms with van der Waals surface area (Å²) in [5, 5.41) is 0. The van der Waals surface area contributed by atoms with Crippen LogP contribution in [0.2, 0.25) is 0 Å². The van der Waals surface area contributed by atoms with E-state index in [1.807, 2.05) is 25.1 Å². The number of sulfone groups is 2. The highest BCUT2D eigenvalue weighted by atomic mass is 32.2. The quantitative estimate of drug-likeness (QED) is 0.0824. The summed E-state index contributed by atoms with van der Waals surface area (Å²) >= 11 is 0. The van der Waals surface area contributed by atoms with E-state index in [1.54, 1.807) is 24.3 Å². The van der Waals surface area contributed by atoms with Crippen LogP contribution >= 0.6 is 0 Å². The number of hydrogen-bond donors (Lipinski definition) is 0. The molecule has 4 aromatic carbocycles. The lowest BCUT2D eigenvalue weighted by atomic mass is 9.88. The number of carbonyl (C=O) groups excluding carboxylic acids is 1. The Balaban J connectivity index is 1.48. The van der Waals surface area contributed by atoms with Crippen LogP contribution in [0.1, 0.15) is 92.8 Å². The molecule has 47 heavy (non-hydrogen) atoms. The van der Waals surface area contributed by atoms with E-state index in [0.29, 0.717) is 12.3 Å². The third kappa shape index (κ3) is 8.88. The first-order valence-corrected chi connectivity index (χ1v) is 19.7. The van der Waals surface area contributed by atoms with E-state index < -0.39 is 30.2 Å². The zero-order chi connectivity index (χ0) is 34.1. The lowest BCUT2D eigenvalue weighted by Crippen LogP contribution is -2.40. The maximum absolute atomic E-state index is 13.9. The molecular formula is C40H48O5S2. The maximum atomic E-state index is 13.9. The van der Waals surface area contributed by atoms with Crippen molar-refractivity contribution in [2.45, 2.75) is 105 Å². The van der Waals surface area contributed by atoms with Crippen LogP contribution in [0.25, 0.3) is 0 Å². The average molecular weight is 673 g/mol. The Morgan fingerprint density at radius 2 is 1.28 bits per heavy atom. The number of ketones is 1. The molecule has 0 bridgehead atoms. The first kappa shape index (κ1) is 36.3. The Bertz CT molecular complexity index is 1830. The first-order valence-electron chi connectivity index (χ1n) is 16.7. The van der Waals surface area contributed by atoms with Crippen LogP contribution in [0.15, 0.2) is 118 Å². The number of hydrogen-bond acceptors (Lipinski definition) is 5. The number of Topliss-reactive ketones (excluding diaryl/α,β-unsaturated/α-hetero) is 1. The van der Waals surface area contributed by atoms with Gasteiger partial charge < -0.3 is 0 Å². The molecule has 1 unspecified atom stereocenters. The molecule has 1 atom stereocenters. The topological polar surface area (TPSA) is 85.3 Å². The molecule has 0 aliphatic carbocycles. The summed E-state index contributed by atoms with van der Waals surface area (Å²) in [4.78, 5) is 13.9. The smallest absolute Gasteiger partial charge is 0.206 e. The fourth-order valence-electron chi connectivity index (χ4n) is 6.10. The Labute approximate surface area is 282 Å². The van der Waals surface area contributed by atoms with E-state index in [-0.39, 0.29) is 20.2 Å². The maximum Gasteiger partial charge on any atom is 0.206 e. The molecule has 0 saturated carbocycles. The molecule has 0 radical (unpaired) electrons. The predicted molar refractivity (Wildman–Crippen MR) is 190 cm³/mol. The van der Waals surface area contributed by atoms with E-state index in [9.17, 15) is 21.6 Å². The SMILES string of the molecule is CCCCCCC(CCCc1ccccc1S(=O)(=O)c1ccc(C(=O)C(C)(C)S(=O)(=O)c2ccc(C)cc2)cc1)Cc1ccccc1. The average Bonchev–Trinajstić information content (AvgIpc) is 3.07. The molecule has 0 spiro atoms. The summed E-state index contributed by atoms with van der Waals surface area (Å²) in [7, 11) is -7.87. The van der Waals surface area contributed by atoms with Gasteiger partial charge in [-0.15, -0.1) is 0 Å². The highest BCUT2D eigenvalue weighted by Gasteiger charge is 2.43. The lowest BCUT2D eigenvalue weighted by Gasteiger charge is -2.24. The van der Waals surface area contributed by atoms with Gasteiger partial charge in [0.1, 0.15) is 4.75 Å². The summed E-state index contributed by atoms with van der Waals surface area (Å²) in [6.07, 6.45) is 9.67. The minimum absolute atomic E-state index is 0.0681. The van der Waals surface area contributed by atoms with Gasteiger partial charge in [-0.1, -0.05) is 117 Å². The van der Waals surface area contributed by atoms with E-state index in [2.05, 4.69) is 31.2 Å². The van der Waals surface area contributed by atoms with E-state index >= 15 is 0 Å². The number of benzene rings is 4. The second kappa shape index (κ2) is 16.0. The number of carbonyl (C=O) groups is 1. The zero-order valence-corrected chi connectivity index (χ0v) is 29.7. The van der Waals surface area contributed by atoms with Crippen molar-refractivity contribution in [2.24, 2.45) is 5.92 Å². The van der Waals surface area contributed by atoms with Crippen LogP contribution in [-0.2, 0) is 32.5 Å². The molecule has 0 aromatic heterocycles. The van der Waals surface area contributed by atoms with Gasteiger partial charge in [0, 0.05) is 5.56 Å². The van der Waals surface area contributed by atoms with E-state index in [0.717, 1.165) is 30.4 Å². The molecule has 5 nitrogen and oxygen atoms in total. The summed E-state index contributed by atoms with van der Waals surface area (Å²) < 4.78 is 52.8. The Morgan fingerprint density at radius 1 is 0.681 bits per heavy atom. The molecule has 0 N–H and O–H groups in total. The van der Waals surface area contributed by atoms with Gasteiger partial charge in [-0.05, 0) is 93.8 Å². The van der Waals surface area contributed by atoms with Gasteiger partial charge in [0.2, 0.25) is 9.84 Å². The van der Waals surface area contributed by atoms with Crippen molar-refractivity contribution in [3.8, 4) is 0 Å². The number of unbranched alkanes of at least 4 members (excludes halogenated alkanes) is 3. The van der Waals surface area contributed by atoms with Crippen molar-refractivity contribution < 1.29 is 21.6 Å². The largest absolute Gasteiger partial charge is 0.292 e. The van der Waals surface area contributed by atoms with Crippen LogP contribution < -0.4 is 0 Å². The van der Waals surface area contributed by atoms with Gasteiger partial charge >= 0.3 is 0 Å². The van der Waals surface area contributed by atoms with Gasteiger partial charge in [-0.2, -0.15) is 0 Å². The molecule has 0 amide bonds. The molecule has 4 aromatic rings. The second-order valence-corrected chi connectivity index (χ2v) is 17.5. The fourth-order valence-corrected chi connectivity index (χ4v) is 9.07. The summed E-state index contributed by atoms with van der Waals surface area (Å²) in [5.74, 6) is -0.0515. The summed E-state index contributed by atoms with van der Waals surface area (Å²) in [6.45, 7) is 6.86. The Hall–Kier alpha value is -3.55. The highest BCUT2D eigenvalue weighted by molar-refractivity contribution is 7.93. The number of rotatable bonds is 17. The molecule has 0 fully saturated rings. The zero-order valence-electron chi connectivity index (χ0n) is 28.1. The minimum Gasteiger partial charge on any atom is -0.292 e. The van der Waals surface area contributed by atoms with Crippen molar-refractivity contribution in [3.63, 3.8) is 0 Å². The molecule has 7 heteroatoms. The molecule has 4 rings (SSSR count). The summed E-state index contributed by atoms with van der Waals surface area (Å²) in [6, 6.07) is 29.8. The second-order valence-electron chi connectivity index (χ2n) is 13.1. The van der Waals surface area contributed by atoms with Gasteiger partial charge in [0.15, 0.2) is 15.6 Å². The molecule has 0 aliphatic heterocycles. The van der Waals surface area contributed by atoms with Gasteiger partial charge in [0.05, 0.1) is 14.7 Å². The minimum atomic E-state index is -4.00. The van der Waals surface area contributed by atoms with Gasteiger partial charge in [-0.3, -0.25) is 4.79 Å². The molecule has 250 valence electrons. The molecule has 0 saturated heterocycles. The molecular weight excluding hydrogens is 625 g/mol. The number of aryl methyl sites for hydroxylation is 2. The predicted octanol–water partition coefficient (Wildman–Crippen LogP) is 9.42. The highest BCUT2D eigenvalue weighted by Crippen LogP contribution is 2.31. The van der Waals surface area contributed by atoms with Crippen molar-refractivity contribution in [3.05, 3.63) is 125 Å². The van der Waals surface area contributed by atoms with Crippen LogP contribution in [0, 0.1) is 12.8 Å². The van der Waals surface area contributed by atoms with Gasteiger partial charge in [0.25, 0.3) is 0 Å². The van der Waals surface area contributed by atoms with Crippen molar-refractivity contribution >= 4 is 25.5 Å². The lowest BCUT2D eigenvalue weighted by molar-refractivity contribution is 0.0953. The molecule has 0 heterocycles. The van der Waals surface area contributed by atoms with Gasteiger partial charge in [-0.25, -0.2) is 16.8 Å². The van der Waals surface area contributed by atoms with Crippen molar-refractivity contribution in [2.75, 3.05) is 0 Å². The van der Waals surface area contributed by atoms with Crippen molar-refractivity contribution in [1.29, 1.82) is 0 Å². The van der Waals surface area contributed by atoms with E-state index in [4.69, 9.17) is 0 Å². The van der Waals surface area contributed by atoms with Crippen LogP contribution in [-0.4, -0.2) is 27.4 Å². The third-order valence-electron chi connectivity index (χ3n) is 9.13. The fraction of sp³-hybridized carbons (Fsp3) is 0.375. The standard InChI is InChI=1S/C40H48O5S2/c1-5-6-7-9-15-33(30-32-16-10-8-11-17-32)18-14-20-34-19-12-13-21-38(34)46(42,43)36-28-24-35(25-29-36)39(41)40(3,4)47(44,45)37-26-22-31(2)23-27-37/h8,10-13,16-17,19,21-29,33H,5-7,9,14-15,18,20,30H2,1-4H3. The molecule has 0 aliphatic rings. The van der Waals surface area contributed by atoms with Crippen LogP contribution in [0.4, 0.5) is 0 Å². The first-order chi connectivity index (χ1) is 22.4. The monoisotopic (exact) mass is 672 g/mol. The van der Waals surface area contributed by atoms with Crippen LogP contribution in [0.3, 0.4) is 0 Å². The van der Waals surface area contributed by atoms with Crippen LogP contribution in [0.5, 0.6) is 0 Å². The Morgan fingerprint density at radius 3 is 1.94 bits per heavy atom. The van der Waals surface area contributed by atoms with Crippen molar-refractivity contribution in [1.82, 2.24) is 0 Å². The third-order valence-corrected chi connectivity index (χ3v) is 13.4. The summed E-state index contributed by atoms with van der Waals surface area (Å²) in [5.41, 5.74) is 3.18. The van der Waals surface area contributed by atoms with E-state index in [1.165, 1.54) is 87.9 Å². The Kier molecular flexibility index (Phi) is 12.4.